The summed E-state index contributed by atoms with van der Waals surface area (Å²) in [6.07, 6.45) is 0.524. The highest BCUT2D eigenvalue weighted by Crippen LogP contribution is 2.26. The predicted octanol–water partition coefficient (Wildman–Crippen LogP) is 0.603. The fourth-order valence-corrected chi connectivity index (χ4v) is 2.87. The Labute approximate surface area is 123 Å². The fraction of sp³-hybridized carbons (Fsp3) is 0.417. The summed E-state index contributed by atoms with van der Waals surface area (Å²) < 4.78 is 0. The van der Waals surface area contributed by atoms with E-state index in [2.05, 4.69) is 10.3 Å². The van der Waals surface area contributed by atoms with Crippen molar-refractivity contribution in [1.29, 1.82) is 0 Å². The molecule has 1 unspecified atom stereocenters. The topological polar surface area (TPSA) is 117 Å². The zero-order valence-electron chi connectivity index (χ0n) is 11.4. The van der Waals surface area contributed by atoms with Crippen LogP contribution in [0.5, 0.6) is 0 Å². The van der Waals surface area contributed by atoms with Crippen LogP contribution < -0.4 is 5.32 Å². The number of anilines is 1. The van der Waals surface area contributed by atoms with E-state index >= 15 is 0 Å². The fourth-order valence-electron chi connectivity index (χ4n) is 1.96. The van der Waals surface area contributed by atoms with Gasteiger partial charge in [-0.15, -0.1) is 0 Å². The van der Waals surface area contributed by atoms with Crippen LogP contribution in [0.2, 0.25) is 0 Å². The van der Waals surface area contributed by atoms with Crippen LogP contribution in [0.4, 0.5) is 5.13 Å². The Morgan fingerprint density at radius 3 is 2.62 bits per heavy atom. The van der Waals surface area contributed by atoms with E-state index in [1.807, 2.05) is 0 Å². The van der Waals surface area contributed by atoms with Crippen molar-refractivity contribution < 1.29 is 24.3 Å². The number of carboxylic acids is 1. The molecule has 2 N–H and O–H groups in total. The number of Topliss-reactive ketones (excluding diaryl/α,β-unsaturated/α-hetero) is 1. The molecule has 21 heavy (non-hydrogen) atoms. The Morgan fingerprint density at radius 2 is 2.10 bits per heavy atom. The minimum atomic E-state index is -1.30. The highest BCUT2D eigenvalue weighted by molar-refractivity contribution is 7.17. The number of carbonyl (C=O) groups is 4. The number of nitrogens with zero attached hydrogens (tertiary/aromatic N) is 2. The van der Waals surface area contributed by atoms with Crippen LogP contribution in [-0.2, 0) is 9.59 Å². The summed E-state index contributed by atoms with van der Waals surface area (Å²) in [5.41, 5.74) is -0.331. The highest BCUT2D eigenvalue weighted by atomic mass is 32.1. The number of piperidine rings is 1. The van der Waals surface area contributed by atoms with Gasteiger partial charge in [0.15, 0.2) is 16.6 Å². The molecule has 0 bridgehead atoms. The third-order valence-corrected chi connectivity index (χ3v) is 4.18. The van der Waals surface area contributed by atoms with Crippen molar-refractivity contribution in [2.24, 2.45) is 0 Å². The Balaban J connectivity index is 2.22. The van der Waals surface area contributed by atoms with Crippen LogP contribution in [0, 0.1) is 0 Å². The number of amides is 2. The molecular formula is C12H13N3O5S. The number of aromatic nitrogens is 1. The molecule has 2 rings (SSSR count). The van der Waals surface area contributed by atoms with Crippen molar-refractivity contribution in [1.82, 2.24) is 9.88 Å². The second-order valence-electron chi connectivity index (χ2n) is 4.58. The number of carboxylic acid groups (broad SMARTS) is 1. The first-order chi connectivity index (χ1) is 9.81. The Morgan fingerprint density at radius 1 is 1.43 bits per heavy atom. The minimum Gasteiger partial charge on any atom is -0.476 e. The van der Waals surface area contributed by atoms with Gasteiger partial charge >= 0.3 is 5.97 Å². The molecule has 0 radical (unpaired) electrons. The molecule has 9 heteroatoms. The third-order valence-electron chi connectivity index (χ3n) is 3.10. The lowest BCUT2D eigenvalue weighted by atomic mass is 10.1. The second-order valence-corrected chi connectivity index (χ2v) is 5.58. The molecule has 1 aromatic heterocycles. The Bertz CT molecular complexity index is 607. The summed E-state index contributed by atoms with van der Waals surface area (Å²) in [7, 11) is 1.39. The Kier molecular flexibility index (Phi) is 4.03. The third kappa shape index (κ3) is 2.92. The number of likely N-dealkylation sites (N-methyl/N-ethyl adjacent to an activating group) is 1. The predicted molar refractivity (Wildman–Crippen MR) is 73.5 cm³/mol. The van der Waals surface area contributed by atoms with Crippen LogP contribution in [-0.4, -0.2) is 51.6 Å². The highest BCUT2D eigenvalue weighted by Gasteiger charge is 2.32. The van der Waals surface area contributed by atoms with Crippen LogP contribution in [0.15, 0.2) is 0 Å². The molecule has 1 aliphatic rings. The first kappa shape index (κ1) is 15.1. The molecule has 0 aromatic carbocycles. The van der Waals surface area contributed by atoms with Gasteiger partial charge in [-0.3, -0.25) is 19.3 Å². The average Bonchev–Trinajstić information content (AvgIpc) is 2.84. The lowest BCUT2D eigenvalue weighted by molar-refractivity contribution is -0.146. The van der Waals surface area contributed by atoms with Gasteiger partial charge in [-0.05, 0) is 6.42 Å². The average molecular weight is 311 g/mol. The van der Waals surface area contributed by atoms with E-state index in [9.17, 15) is 19.2 Å². The molecule has 2 amide bonds. The number of rotatable bonds is 4. The minimum absolute atomic E-state index is 0.0256. The Hall–Kier alpha value is -2.29. The lowest BCUT2D eigenvalue weighted by Gasteiger charge is -2.27. The maximum Gasteiger partial charge on any atom is 0.356 e. The van der Waals surface area contributed by atoms with Gasteiger partial charge in [0.05, 0.1) is 0 Å². The summed E-state index contributed by atoms with van der Waals surface area (Å²) in [5, 5.41) is 12.0. The SMILES string of the molecule is CC(=O)c1sc(NC2CCC(=O)N(C)C2=O)nc1C(=O)O. The molecule has 8 nitrogen and oxygen atoms in total. The molecule has 1 fully saturated rings. The van der Waals surface area contributed by atoms with E-state index in [1.54, 1.807) is 0 Å². The van der Waals surface area contributed by atoms with Crippen LogP contribution in [0.1, 0.15) is 39.9 Å². The molecule has 1 saturated heterocycles. The van der Waals surface area contributed by atoms with Crippen molar-refractivity contribution in [3.05, 3.63) is 10.6 Å². The van der Waals surface area contributed by atoms with Gasteiger partial charge in [0.25, 0.3) is 5.91 Å². The first-order valence-electron chi connectivity index (χ1n) is 6.13. The van der Waals surface area contributed by atoms with Gasteiger partial charge in [-0.1, -0.05) is 11.3 Å². The number of ketones is 1. The molecule has 1 aromatic rings. The van der Waals surface area contributed by atoms with E-state index in [1.165, 1.54) is 14.0 Å². The number of likely N-dealkylation sites (tertiary alicyclic amines) is 1. The van der Waals surface area contributed by atoms with Crippen LogP contribution >= 0.6 is 11.3 Å². The van der Waals surface area contributed by atoms with Crippen molar-refractivity contribution in [3.63, 3.8) is 0 Å². The van der Waals surface area contributed by atoms with E-state index in [-0.39, 0.29) is 28.0 Å². The standard InChI is InChI=1S/C12H13N3O5S/c1-5(16)9-8(11(19)20)14-12(21-9)13-6-3-4-7(17)15(2)10(6)18/h6H,3-4H2,1-2H3,(H,13,14)(H,19,20). The van der Waals surface area contributed by atoms with Gasteiger partial charge in [0.1, 0.15) is 10.9 Å². The van der Waals surface area contributed by atoms with Crippen molar-refractivity contribution >= 4 is 40.0 Å². The molecule has 2 heterocycles. The van der Waals surface area contributed by atoms with Crippen LogP contribution in [0.3, 0.4) is 0 Å². The number of imide groups is 1. The molecule has 0 saturated carbocycles. The molecule has 112 valence electrons. The number of nitrogens with one attached hydrogen (secondary N) is 1. The number of carbonyl (C=O) groups excluding carboxylic acids is 3. The second kappa shape index (κ2) is 5.60. The van der Waals surface area contributed by atoms with E-state index in [0.29, 0.717) is 6.42 Å². The van der Waals surface area contributed by atoms with Crippen LogP contribution in [0.25, 0.3) is 0 Å². The van der Waals surface area contributed by atoms with Gasteiger partial charge in [-0.25, -0.2) is 9.78 Å². The number of thiazole rings is 1. The summed E-state index contributed by atoms with van der Waals surface area (Å²) in [5.74, 6) is -2.36. The van der Waals surface area contributed by atoms with Gasteiger partial charge < -0.3 is 10.4 Å². The van der Waals surface area contributed by atoms with Gasteiger partial charge in [-0.2, -0.15) is 0 Å². The van der Waals surface area contributed by atoms with Gasteiger partial charge in [0.2, 0.25) is 5.91 Å². The number of hydrogen-bond acceptors (Lipinski definition) is 7. The monoisotopic (exact) mass is 311 g/mol. The number of hydrogen-bond donors (Lipinski definition) is 2. The van der Waals surface area contributed by atoms with Crippen molar-refractivity contribution in [3.8, 4) is 0 Å². The summed E-state index contributed by atoms with van der Waals surface area (Å²) in [4.78, 5) is 50.6. The zero-order valence-corrected chi connectivity index (χ0v) is 12.2. The van der Waals surface area contributed by atoms with E-state index in [0.717, 1.165) is 16.2 Å². The van der Waals surface area contributed by atoms with Crippen molar-refractivity contribution in [2.75, 3.05) is 12.4 Å². The molecular weight excluding hydrogens is 298 g/mol. The summed E-state index contributed by atoms with van der Waals surface area (Å²) in [6.45, 7) is 1.25. The summed E-state index contributed by atoms with van der Waals surface area (Å²) >= 11 is 0.885. The largest absolute Gasteiger partial charge is 0.476 e. The van der Waals surface area contributed by atoms with Gasteiger partial charge in [0, 0.05) is 20.4 Å². The lowest BCUT2D eigenvalue weighted by Crippen LogP contribution is -2.48. The van der Waals surface area contributed by atoms with E-state index in [4.69, 9.17) is 5.11 Å². The molecule has 1 aliphatic heterocycles. The zero-order chi connectivity index (χ0) is 15.7. The normalized spacial score (nSPS) is 18.8. The molecule has 0 aliphatic carbocycles. The van der Waals surface area contributed by atoms with E-state index < -0.39 is 23.7 Å². The maximum atomic E-state index is 11.9. The first-order valence-corrected chi connectivity index (χ1v) is 6.95. The molecule has 1 atom stereocenters. The molecule has 0 spiro atoms. The van der Waals surface area contributed by atoms with Crippen molar-refractivity contribution in [2.45, 2.75) is 25.8 Å². The quantitative estimate of drug-likeness (QED) is 0.617. The maximum absolute atomic E-state index is 11.9. The number of aromatic carboxylic acids is 1. The smallest absolute Gasteiger partial charge is 0.356 e. The summed E-state index contributed by atoms with van der Waals surface area (Å²) in [6, 6.07) is -0.652.